The van der Waals surface area contributed by atoms with E-state index in [1.165, 1.54) is 18.2 Å². The van der Waals surface area contributed by atoms with Gasteiger partial charge in [-0.3, -0.25) is 4.79 Å². The van der Waals surface area contributed by atoms with Gasteiger partial charge in [0.15, 0.2) is 0 Å². The lowest BCUT2D eigenvalue weighted by atomic mass is 10.3. The molecule has 2 rings (SSSR count). The smallest absolute Gasteiger partial charge is 0.240 e. The second-order valence-electron chi connectivity index (χ2n) is 4.46. The second kappa shape index (κ2) is 7.71. The molecule has 0 aliphatic rings. The number of primary amides is 1. The number of sulfonamides is 1. The molecule has 0 spiro atoms. The number of aromatic nitrogens is 3. The van der Waals surface area contributed by atoms with Crippen LogP contribution in [0.1, 0.15) is 6.42 Å². The normalized spacial score (nSPS) is 11.2. The van der Waals surface area contributed by atoms with Gasteiger partial charge in [-0.25, -0.2) is 13.1 Å². The van der Waals surface area contributed by atoms with Crippen molar-refractivity contribution in [2.75, 3.05) is 11.9 Å². The number of anilines is 2. The fourth-order valence-corrected chi connectivity index (χ4v) is 3.08. The maximum Gasteiger partial charge on any atom is 0.240 e. The van der Waals surface area contributed by atoms with Crippen LogP contribution in [0.15, 0.2) is 29.2 Å². The van der Waals surface area contributed by atoms with Crippen LogP contribution in [0.3, 0.4) is 0 Å². The molecule has 4 N–H and O–H groups in total. The summed E-state index contributed by atoms with van der Waals surface area (Å²) in [5, 5.41) is 2.57. The maximum atomic E-state index is 12.2. The van der Waals surface area contributed by atoms with Crippen LogP contribution in [0.25, 0.3) is 0 Å². The van der Waals surface area contributed by atoms with Gasteiger partial charge in [-0.15, -0.1) is 0 Å². The number of halogens is 2. The summed E-state index contributed by atoms with van der Waals surface area (Å²) in [7, 11) is -3.79. The Morgan fingerprint density at radius 1 is 1.17 bits per heavy atom. The molecule has 1 heterocycles. The third kappa shape index (κ3) is 5.27. The molecule has 0 atom stereocenters. The van der Waals surface area contributed by atoms with E-state index in [-0.39, 0.29) is 34.4 Å². The zero-order valence-corrected chi connectivity index (χ0v) is 14.4. The zero-order valence-electron chi connectivity index (χ0n) is 12.0. The van der Waals surface area contributed by atoms with Crippen LogP contribution in [0.2, 0.25) is 10.6 Å². The number of nitrogens with zero attached hydrogens (tertiary/aromatic N) is 3. The molecule has 0 fully saturated rings. The average Bonchev–Trinajstić information content (AvgIpc) is 2.45. The van der Waals surface area contributed by atoms with Gasteiger partial charge >= 0.3 is 0 Å². The van der Waals surface area contributed by atoms with Crippen LogP contribution in [0.5, 0.6) is 0 Å². The van der Waals surface area contributed by atoms with E-state index in [1.54, 1.807) is 6.07 Å². The largest absolute Gasteiger partial charge is 0.370 e. The van der Waals surface area contributed by atoms with Crippen molar-refractivity contribution in [3.63, 3.8) is 0 Å². The van der Waals surface area contributed by atoms with E-state index in [9.17, 15) is 13.2 Å². The lowest BCUT2D eigenvalue weighted by Gasteiger charge is -2.09. The van der Waals surface area contributed by atoms with E-state index >= 15 is 0 Å². The van der Waals surface area contributed by atoms with Gasteiger partial charge < -0.3 is 11.1 Å². The fraction of sp³-hybridized carbons (Fsp3) is 0.167. The first-order valence-electron chi connectivity index (χ1n) is 6.48. The highest BCUT2D eigenvalue weighted by atomic mass is 35.5. The van der Waals surface area contributed by atoms with Gasteiger partial charge in [0.25, 0.3) is 0 Å². The monoisotopic (exact) mass is 390 g/mol. The summed E-state index contributed by atoms with van der Waals surface area (Å²) < 4.78 is 26.6. The van der Waals surface area contributed by atoms with Crippen molar-refractivity contribution in [3.8, 4) is 0 Å². The Balaban J connectivity index is 2.17. The third-order valence-electron chi connectivity index (χ3n) is 2.64. The topological polar surface area (TPSA) is 140 Å². The molecule has 0 aliphatic heterocycles. The molecular formula is C12H12Cl2N6O3S. The highest BCUT2D eigenvalue weighted by Gasteiger charge is 2.14. The zero-order chi connectivity index (χ0) is 17.7. The summed E-state index contributed by atoms with van der Waals surface area (Å²) in [6.45, 7) is -0.0893. The van der Waals surface area contributed by atoms with Crippen molar-refractivity contribution in [3.05, 3.63) is 34.8 Å². The highest BCUT2D eigenvalue weighted by Crippen LogP contribution is 2.19. The number of rotatable bonds is 7. The van der Waals surface area contributed by atoms with Gasteiger partial charge in [-0.05, 0) is 41.4 Å². The molecule has 9 nitrogen and oxygen atoms in total. The number of nitrogens with two attached hydrogens (primary N) is 1. The molecule has 12 heteroatoms. The van der Waals surface area contributed by atoms with Crippen LogP contribution < -0.4 is 15.8 Å². The Labute approximate surface area is 147 Å². The maximum absolute atomic E-state index is 12.2. The Morgan fingerprint density at radius 3 is 2.46 bits per heavy atom. The number of hydrogen-bond donors (Lipinski definition) is 3. The molecule has 1 amide bonds. The predicted octanol–water partition coefficient (Wildman–Crippen LogP) is 1.08. The standard InChI is InChI=1S/C12H12Cl2N6O3S/c13-10-18-11(14)20-12(19-10)17-7-2-1-3-8(6-7)24(22,23)16-5-4-9(15)21/h1-3,6,16H,4-5H2,(H2,15,21)(H,17,18,19,20). The molecule has 1 aromatic carbocycles. The Morgan fingerprint density at radius 2 is 1.83 bits per heavy atom. The van der Waals surface area contributed by atoms with E-state index in [2.05, 4.69) is 25.0 Å². The van der Waals surface area contributed by atoms with Gasteiger partial charge in [0.2, 0.25) is 32.4 Å². The van der Waals surface area contributed by atoms with Gasteiger partial charge in [0, 0.05) is 18.7 Å². The van der Waals surface area contributed by atoms with E-state index in [0.29, 0.717) is 5.69 Å². The molecule has 24 heavy (non-hydrogen) atoms. The summed E-state index contributed by atoms with van der Waals surface area (Å²) in [5.41, 5.74) is 5.37. The second-order valence-corrected chi connectivity index (χ2v) is 6.91. The number of carbonyl (C=O) groups excluding carboxylic acids is 1. The molecule has 0 unspecified atom stereocenters. The van der Waals surface area contributed by atoms with Crippen LogP contribution in [0.4, 0.5) is 11.6 Å². The molecule has 2 aromatic rings. The molecule has 1 aromatic heterocycles. The number of nitrogens with one attached hydrogen (secondary N) is 2. The van der Waals surface area contributed by atoms with Crippen LogP contribution >= 0.6 is 23.2 Å². The molecule has 0 saturated heterocycles. The van der Waals surface area contributed by atoms with E-state index in [1.807, 2.05) is 0 Å². The van der Waals surface area contributed by atoms with Gasteiger partial charge in [0.05, 0.1) is 4.90 Å². The number of amides is 1. The quantitative estimate of drug-likeness (QED) is 0.641. The molecule has 0 radical (unpaired) electrons. The first-order chi connectivity index (χ1) is 11.3. The summed E-state index contributed by atoms with van der Waals surface area (Å²) in [5.74, 6) is -0.534. The molecule has 0 saturated carbocycles. The molecule has 0 aliphatic carbocycles. The first-order valence-corrected chi connectivity index (χ1v) is 8.72. The molecule has 128 valence electrons. The van der Waals surface area contributed by atoms with Gasteiger partial charge in [0.1, 0.15) is 0 Å². The summed E-state index contributed by atoms with van der Waals surface area (Å²) in [6, 6.07) is 5.88. The van der Waals surface area contributed by atoms with Crippen molar-refractivity contribution < 1.29 is 13.2 Å². The Kier molecular flexibility index (Phi) is 5.89. The van der Waals surface area contributed by atoms with Gasteiger partial charge in [-0.2, -0.15) is 15.0 Å². The van der Waals surface area contributed by atoms with Crippen molar-refractivity contribution in [1.29, 1.82) is 0 Å². The highest BCUT2D eigenvalue weighted by molar-refractivity contribution is 7.89. The Hall–Kier alpha value is -2.01. The van der Waals surface area contributed by atoms with Crippen LogP contribution in [-0.4, -0.2) is 35.8 Å². The van der Waals surface area contributed by atoms with E-state index in [4.69, 9.17) is 28.9 Å². The minimum atomic E-state index is -3.79. The van der Waals surface area contributed by atoms with Crippen LogP contribution in [-0.2, 0) is 14.8 Å². The summed E-state index contributed by atoms with van der Waals surface area (Å²) >= 11 is 11.3. The number of hydrogen-bond acceptors (Lipinski definition) is 7. The number of carbonyl (C=O) groups is 1. The fourth-order valence-electron chi connectivity index (χ4n) is 1.64. The van der Waals surface area contributed by atoms with Crippen LogP contribution in [0, 0.1) is 0 Å². The van der Waals surface area contributed by atoms with Crippen molar-refractivity contribution in [1.82, 2.24) is 19.7 Å². The number of benzene rings is 1. The minimum Gasteiger partial charge on any atom is -0.370 e. The van der Waals surface area contributed by atoms with E-state index < -0.39 is 15.9 Å². The molecular weight excluding hydrogens is 379 g/mol. The van der Waals surface area contributed by atoms with Crippen molar-refractivity contribution in [2.45, 2.75) is 11.3 Å². The SMILES string of the molecule is NC(=O)CCNS(=O)(=O)c1cccc(Nc2nc(Cl)nc(Cl)n2)c1. The minimum absolute atomic E-state index is 0.0109. The Bertz CT molecular complexity index is 841. The lowest BCUT2D eigenvalue weighted by Crippen LogP contribution is -2.28. The lowest BCUT2D eigenvalue weighted by molar-refractivity contribution is -0.117. The van der Waals surface area contributed by atoms with Crippen molar-refractivity contribution >= 4 is 50.8 Å². The third-order valence-corrected chi connectivity index (χ3v) is 4.44. The summed E-state index contributed by atoms with van der Waals surface area (Å²) in [6.07, 6.45) is -0.0982. The summed E-state index contributed by atoms with van der Waals surface area (Å²) in [4.78, 5) is 21.9. The first kappa shape index (κ1) is 18.3. The molecule has 0 bridgehead atoms. The predicted molar refractivity (Wildman–Crippen MR) is 88.6 cm³/mol. The van der Waals surface area contributed by atoms with Crippen molar-refractivity contribution in [2.24, 2.45) is 5.73 Å². The van der Waals surface area contributed by atoms with Gasteiger partial charge in [-0.1, -0.05) is 6.07 Å². The van der Waals surface area contributed by atoms with E-state index in [0.717, 1.165) is 0 Å². The average molecular weight is 391 g/mol.